The van der Waals surface area contributed by atoms with Crippen LogP contribution < -0.4 is 5.32 Å². The molecule has 1 aliphatic heterocycles. The summed E-state index contributed by atoms with van der Waals surface area (Å²) < 4.78 is 12.0. The Morgan fingerprint density at radius 1 is 1.54 bits per heavy atom. The van der Waals surface area contributed by atoms with Crippen molar-refractivity contribution in [3.63, 3.8) is 0 Å². The molecule has 1 N–H and O–H groups in total. The minimum absolute atomic E-state index is 0.153. The molecular formula is C8H13FN2O2. The molecule has 5 heteroatoms. The Bertz CT molecular complexity index is 244. The SMILES string of the molecule is CCC1(C)NC(=O)N(CCF)C1=O. The van der Waals surface area contributed by atoms with Gasteiger partial charge in [0.25, 0.3) is 5.91 Å². The van der Waals surface area contributed by atoms with Gasteiger partial charge in [-0.3, -0.25) is 9.69 Å². The van der Waals surface area contributed by atoms with E-state index in [-0.39, 0.29) is 12.5 Å². The average Bonchev–Trinajstić information content (AvgIpc) is 2.31. The van der Waals surface area contributed by atoms with Crippen LogP contribution in [0.5, 0.6) is 0 Å². The number of nitrogens with zero attached hydrogens (tertiary/aromatic N) is 1. The minimum atomic E-state index is -0.841. The number of imide groups is 1. The van der Waals surface area contributed by atoms with Crippen LogP contribution >= 0.6 is 0 Å². The number of carbonyl (C=O) groups excluding carboxylic acids is 2. The zero-order valence-corrected chi connectivity index (χ0v) is 7.76. The summed E-state index contributed by atoms with van der Waals surface area (Å²) in [4.78, 5) is 23.6. The van der Waals surface area contributed by atoms with Crippen molar-refractivity contribution in [3.8, 4) is 0 Å². The Balaban J connectivity index is 2.81. The van der Waals surface area contributed by atoms with Gasteiger partial charge in [0.15, 0.2) is 0 Å². The highest BCUT2D eigenvalue weighted by Crippen LogP contribution is 2.20. The molecule has 1 rings (SSSR count). The lowest BCUT2D eigenvalue weighted by Gasteiger charge is -2.18. The highest BCUT2D eigenvalue weighted by atomic mass is 19.1. The van der Waals surface area contributed by atoms with Crippen LogP contribution in [-0.4, -0.2) is 35.6 Å². The van der Waals surface area contributed by atoms with Crippen LogP contribution in [0.4, 0.5) is 9.18 Å². The van der Waals surface area contributed by atoms with E-state index in [0.717, 1.165) is 4.90 Å². The molecule has 0 aromatic carbocycles. The summed E-state index contributed by atoms with van der Waals surface area (Å²) in [5.74, 6) is -0.336. The lowest BCUT2D eigenvalue weighted by Crippen LogP contribution is -2.43. The molecule has 0 spiro atoms. The molecular weight excluding hydrogens is 175 g/mol. The number of alkyl halides is 1. The molecule has 0 bridgehead atoms. The summed E-state index contributed by atoms with van der Waals surface area (Å²) in [6.45, 7) is 2.60. The van der Waals surface area contributed by atoms with Crippen molar-refractivity contribution in [1.82, 2.24) is 10.2 Å². The topological polar surface area (TPSA) is 49.4 Å². The van der Waals surface area contributed by atoms with Crippen LogP contribution in [0.25, 0.3) is 0 Å². The van der Waals surface area contributed by atoms with Gasteiger partial charge in [-0.2, -0.15) is 0 Å². The van der Waals surface area contributed by atoms with Gasteiger partial charge < -0.3 is 5.32 Å². The van der Waals surface area contributed by atoms with Gasteiger partial charge in [-0.15, -0.1) is 0 Å². The molecule has 13 heavy (non-hydrogen) atoms. The van der Waals surface area contributed by atoms with E-state index in [2.05, 4.69) is 5.32 Å². The third-order valence-corrected chi connectivity index (χ3v) is 2.36. The van der Waals surface area contributed by atoms with Crippen molar-refractivity contribution in [3.05, 3.63) is 0 Å². The average molecular weight is 188 g/mol. The van der Waals surface area contributed by atoms with Gasteiger partial charge in [0.1, 0.15) is 12.2 Å². The Morgan fingerprint density at radius 2 is 2.15 bits per heavy atom. The maximum atomic E-state index is 12.0. The number of hydrogen-bond acceptors (Lipinski definition) is 2. The Morgan fingerprint density at radius 3 is 2.54 bits per heavy atom. The molecule has 0 radical (unpaired) electrons. The number of amides is 3. The van der Waals surface area contributed by atoms with Gasteiger partial charge in [-0.1, -0.05) is 6.92 Å². The van der Waals surface area contributed by atoms with Gasteiger partial charge in [0, 0.05) is 0 Å². The van der Waals surface area contributed by atoms with Gasteiger partial charge in [0.2, 0.25) is 0 Å². The van der Waals surface area contributed by atoms with Crippen molar-refractivity contribution >= 4 is 11.9 Å². The first-order valence-corrected chi connectivity index (χ1v) is 4.25. The van der Waals surface area contributed by atoms with Gasteiger partial charge >= 0.3 is 6.03 Å². The van der Waals surface area contributed by atoms with E-state index in [0.29, 0.717) is 6.42 Å². The molecule has 4 nitrogen and oxygen atoms in total. The summed E-state index contributed by atoms with van der Waals surface area (Å²) >= 11 is 0. The number of rotatable bonds is 3. The van der Waals surface area contributed by atoms with E-state index in [1.54, 1.807) is 13.8 Å². The lowest BCUT2D eigenvalue weighted by atomic mass is 10.00. The maximum absolute atomic E-state index is 12.0. The Hall–Kier alpha value is -1.13. The molecule has 1 saturated heterocycles. The van der Waals surface area contributed by atoms with Crippen LogP contribution in [0.15, 0.2) is 0 Å². The zero-order valence-electron chi connectivity index (χ0n) is 7.76. The van der Waals surface area contributed by atoms with Crippen molar-refractivity contribution < 1.29 is 14.0 Å². The van der Waals surface area contributed by atoms with Crippen molar-refractivity contribution in [2.45, 2.75) is 25.8 Å². The second-order valence-corrected chi connectivity index (χ2v) is 3.26. The number of urea groups is 1. The quantitative estimate of drug-likeness (QED) is 0.662. The van der Waals surface area contributed by atoms with Crippen LogP contribution in [0.2, 0.25) is 0 Å². The van der Waals surface area contributed by atoms with Crippen molar-refractivity contribution in [2.75, 3.05) is 13.2 Å². The monoisotopic (exact) mass is 188 g/mol. The zero-order chi connectivity index (χ0) is 10.1. The van der Waals surface area contributed by atoms with E-state index >= 15 is 0 Å². The van der Waals surface area contributed by atoms with E-state index in [1.165, 1.54) is 0 Å². The Labute approximate surface area is 76.1 Å². The fourth-order valence-corrected chi connectivity index (χ4v) is 1.27. The van der Waals surface area contributed by atoms with E-state index < -0.39 is 18.2 Å². The highest BCUT2D eigenvalue weighted by molar-refractivity contribution is 6.06. The second-order valence-electron chi connectivity index (χ2n) is 3.26. The first kappa shape index (κ1) is 9.95. The normalized spacial score (nSPS) is 28.1. The fourth-order valence-electron chi connectivity index (χ4n) is 1.27. The molecule has 74 valence electrons. The van der Waals surface area contributed by atoms with Gasteiger partial charge in [0.05, 0.1) is 6.54 Å². The van der Waals surface area contributed by atoms with E-state index in [9.17, 15) is 14.0 Å². The molecule has 0 aromatic rings. The largest absolute Gasteiger partial charge is 0.325 e. The minimum Gasteiger partial charge on any atom is -0.323 e. The smallest absolute Gasteiger partial charge is 0.323 e. The number of carbonyl (C=O) groups is 2. The van der Waals surface area contributed by atoms with Crippen molar-refractivity contribution in [2.24, 2.45) is 0 Å². The summed E-state index contributed by atoms with van der Waals surface area (Å²) in [5.41, 5.74) is -0.841. The molecule has 0 aromatic heterocycles. The van der Waals surface area contributed by atoms with E-state index in [1.807, 2.05) is 0 Å². The first-order chi connectivity index (χ1) is 6.05. The highest BCUT2D eigenvalue weighted by Gasteiger charge is 2.45. The summed E-state index contributed by atoms with van der Waals surface area (Å²) in [5, 5.41) is 2.54. The number of hydrogen-bond donors (Lipinski definition) is 1. The summed E-state index contributed by atoms with van der Waals surface area (Å²) in [7, 11) is 0. The van der Waals surface area contributed by atoms with Gasteiger partial charge in [-0.25, -0.2) is 9.18 Å². The third kappa shape index (κ3) is 1.50. The van der Waals surface area contributed by atoms with Crippen LogP contribution in [-0.2, 0) is 4.79 Å². The van der Waals surface area contributed by atoms with Crippen LogP contribution in [0.1, 0.15) is 20.3 Å². The Kier molecular flexibility index (Phi) is 2.54. The van der Waals surface area contributed by atoms with Crippen molar-refractivity contribution in [1.29, 1.82) is 0 Å². The predicted octanol–water partition coefficient (Wildman–Crippen LogP) is 0.676. The number of halogens is 1. The van der Waals surface area contributed by atoms with Crippen LogP contribution in [0, 0.1) is 0 Å². The molecule has 3 amide bonds. The molecule has 1 heterocycles. The first-order valence-electron chi connectivity index (χ1n) is 4.25. The molecule has 1 aliphatic rings. The second kappa shape index (κ2) is 3.32. The standard InChI is InChI=1S/C8H13FN2O2/c1-3-8(2)6(12)11(5-4-9)7(13)10-8/h3-5H2,1-2H3,(H,10,13). The maximum Gasteiger partial charge on any atom is 0.325 e. The molecule has 0 aliphatic carbocycles. The summed E-state index contributed by atoms with van der Waals surface area (Å²) in [6.07, 6.45) is 0.514. The molecule has 1 atom stereocenters. The predicted molar refractivity (Wildman–Crippen MR) is 44.9 cm³/mol. The van der Waals surface area contributed by atoms with E-state index in [4.69, 9.17) is 0 Å². The lowest BCUT2D eigenvalue weighted by molar-refractivity contribution is -0.131. The molecule has 0 saturated carbocycles. The number of nitrogens with one attached hydrogen (secondary N) is 1. The molecule has 1 unspecified atom stereocenters. The van der Waals surface area contributed by atoms with Crippen LogP contribution in [0.3, 0.4) is 0 Å². The molecule has 1 fully saturated rings. The van der Waals surface area contributed by atoms with Gasteiger partial charge in [-0.05, 0) is 13.3 Å². The summed E-state index contributed by atoms with van der Waals surface area (Å²) in [6, 6.07) is -0.494. The third-order valence-electron chi connectivity index (χ3n) is 2.36. The fraction of sp³-hybridized carbons (Fsp3) is 0.750.